The van der Waals surface area contributed by atoms with Crippen LogP contribution in [0, 0.1) is 0 Å². The third-order valence-electron chi connectivity index (χ3n) is 3.78. The van der Waals surface area contributed by atoms with E-state index in [-0.39, 0.29) is 6.42 Å². The zero-order valence-electron chi connectivity index (χ0n) is 14.2. The van der Waals surface area contributed by atoms with Crippen molar-refractivity contribution in [2.75, 3.05) is 20.3 Å². The number of aryl methyl sites for hydroxylation is 1. The summed E-state index contributed by atoms with van der Waals surface area (Å²) in [5.74, 6) is -0.117. The van der Waals surface area contributed by atoms with Crippen molar-refractivity contribution >= 4 is 12.3 Å². The lowest BCUT2D eigenvalue weighted by Gasteiger charge is -2.14. The van der Waals surface area contributed by atoms with Gasteiger partial charge in [0.15, 0.2) is 0 Å². The van der Waals surface area contributed by atoms with Crippen LogP contribution < -0.4 is 4.74 Å². The van der Waals surface area contributed by atoms with Crippen LogP contribution in [0.4, 0.5) is 0 Å². The van der Waals surface area contributed by atoms with Crippen LogP contribution in [0.2, 0.25) is 0 Å². The van der Waals surface area contributed by atoms with E-state index >= 15 is 0 Å². The van der Waals surface area contributed by atoms with Gasteiger partial charge in [0.25, 0.3) is 0 Å². The first-order valence-corrected chi connectivity index (χ1v) is 8.16. The number of carboxylic acid groups (broad SMARTS) is 1. The van der Waals surface area contributed by atoms with Crippen LogP contribution in [0.15, 0.2) is 42.5 Å². The lowest BCUT2D eigenvalue weighted by Crippen LogP contribution is -2.03. The van der Waals surface area contributed by atoms with Crippen LogP contribution in [-0.2, 0) is 16.0 Å². The lowest BCUT2D eigenvalue weighted by molar-refractivity contribution is -0.136. The molecule has 5 heteroatoms. The summed E-state index contributed by atoms with van der Waals surface area (Å²) >= 11 is 0. The standard InChI is InChI=1S/C20H22O5/c1-24-11-2-12-25-19-13-15(6-10-20(22)23)5-9-18(19)17-7-3-16(14-21)4-8-17/h3-5,7-9,13-14H,2,6,10-12H2,1H3,(H,22,23). The molecule has 0 atom stereocenters. The number of carbonyl (C=O) groups excluding carboxylic acids is 1. The molecular weight excluding hydrogens is 320 g/mol. The molecule has 2 aromatic carbocycles. The Bertz CT molecular complexity index is 707. The number of aliphatic carboxylic acids is 1. The first kappa shape index (κ1) is 18.7. The number of ether oxygens (including phenoxy) is 2. The third-order valence-corrected chi connectivity index (χ3v) is 3.78. The highest BCUT2D eigenvalue weighted by Crippen LogP contribution is 2.31. The highest BCUT2D eigenvalue weighted by atomic mass is 16.5. The average Bonchev–Trinajstić information content (AvgIpc) is 2.64. The normalized spacial score (nSPS) is 10.4. The summed E-state index contributed by atoms with van der Waals surface area (Å²) in [5.41, 5.74) is 3.38. The van der Waals surface area contributed by atoms with E-state index in [2.05, 4.69) is 0 Å². The number of methoxy groups -OCH3 is 1. The molecule has 0 aromatic heterocycles. The van der Waals surface area contributed by atoms with E-state index in [0.29, 0.717) is 30.9 Å². The Morgan fingerprint density at radius 1 is 1.12 bits per heavy atom. The maximum Gasteiger partial charge on any atom is 0.303 e. The van der Waals surface area contributed by atoms with Crippen LogP contribution in [0.25, 0.3) is 11.1 Å². The Kier molecular flexibility index (Phi) is 7.16. The van der Waals surface area contributed by atoms with Gasteiger partial charge >= 0.3 is 5.97 Å². The number of rotatable bonds is 10. The second-order valence-electron chi connectivity index (χ2n) is 5.66. The maximum atomic E-state index is 10.8. The average molecular weight is 342 g/mol. The molecule has 0 fully saturated rings. The summed E-state index contributed by atoms with van der Waals surface area (Å²) in [6.45, 7) is 1.12. The summed E-state index contributed by atoms with van der Waals surface area (Å²) in [6.07, 6.45) is 2.10. The van der Waals surface area contributed by atoms with E-state index in [9.17, 15) is 9.59 Å². The fraction of sp³-hybridized carbons (Fsp3) is 0.300. The van der Waals surface area contributed by atoms with Crippen molar-refractivity contribution in [3.05, 3.63) is 53.6 Å². The molecule has 0 heterocycles. The topological polar surface area (TPSA) is 72.8 Å². The smallest absolute Gasteiger partial charge is 0.303 e. The van der Waals surface area contributed by atoms with E-state index in [1.165, 1.54) is 0 Å². The van der Waals surface area contributed by atoms with E-state index in [0.717, 1.165) is 29.4 Å². The molecule has 5 nitrogen and oxygen atoms in total. The van der Waals surface area contributed by atoms with E-state index in [4.69, 9.17) is 14.6 Å². The summed E-state index contributed by atoms with van der Waals surface area (Å²) < 4.78 is 10.9. The van der Waals surface area contributed by atoms with Gasteiger partial charge in [-0.3, -0.25) is 9.59 Å². The molecule has 0 amide bonds. The Balaban J connectivity index is 2.25. The Morgan fingerprint density at radius 3 is 2.52 bits per heavy atom. The van der Waals surface area contributed by atoms with Gasteiger partial charge in [0.2, 0.25) is 0 Å². The molecule has 25 heavy (non-hydrogen) atoms. The van der Waals surface area contributed by atoms with Gasteiger partial charge in [0.05, 0.1) is 6.61 Å². The fourth-order valence-electron chi connectivity index (χ4n) is 2.46. The van der Waals surface area contributed by atoms with Crippen LogP contribution in [0.1, 0.15) is 28.8 Å². The number of hydrogen-bond donors (Lipinski definition) is 1. The van der Waals surface area contributed by atoms with Gasteiger partial charge in [0, 0.05) is 37.7 Å². The quantitative estimate of drug-likeness (QED) is 0.527. The lowest BCUT2D eigenvalue weighted by atomic mass is 10.00. The van der Waals surface area contributed by atoms with Gasteiger partial charge in [-0.15, -0.1) is 0 Å². The second kappa shape index (κ2) is 9.59. The molecule has 2 rings (SSSR count). The molecule has 2 aromatic rings. The Morgan fingerprint density at radius 2 is 1.88 bits per heavy atom. The minimum absolute atomic E-state index is 0.0799. The number of aldehydes is 1. The highest BCUT2D eigenvalue weighted by Gasteiger charge is 2.09. The van der Waals surface area contributed by atoms with E-state index < -0.39 is 5.97 Å². The van der Waals surface area contributed by atoms with Crippen LogP contribution in [0.5, 0.6) is 5.75 Å². The number of benzene rings is 2. The number of carboxylic acids is 1. The zero-order valence-corrected chi connectivity index (χ0v) is 14.2. The van der Waals surface area contributed by atoms with Gasteiger partial charge < -0.3 is 14.6 Å². The predicted octanol–water partition coefficient (Wildman–Crippen LogP) is 3.60. The molecular formula is C20H22O5. The summed E-state index contributed by atoms with van der Waals surface area (Å²) in [7, 11) is 1.65. The first-order chi connectivity index (χ1) is 12.1. The molecule has 0 saturated heterocycles. The highest BCUT2D eigenvalue weighted by molar-refractivity contribution is 5.78. The van der Waals surface area contributed by atoms with Gasteiger partial charge in [-0.05, 0) is 23.6 Å². The van der Waals surface area contributed by atoms with Crippen LogP contribution >= 0.6 is 0 Å². The van der Waals surface area contributed by atoms with Crippen molar-refractivity contribution in [2.45, 2.75) is 19.3 Å². The number of hydrogen-bond acceptors (Lipinski definition) is 4. The molecule has 0 aliphatic rings. The molecule has 0 bridgehead atoms. The molecule has 0 aliphatic heterocycles. The molecule has 0 radical (unpaired) electrons. The van der Waals surface area contributed by atoms with Gasteiger partial charge in [0.1, 0.15) is 12.0 Å². The van der Waals surface area contributed by atoms with Gasteiger partial charge in [-0.25, -0.2) is 0 Å². The van der Waals surface area contributed by atoms with E-state index in [1.54, 1.807) is 19.2 Å². The molecule has 1 N–H and O–H groups in total. The van der Waals surface area contributed by atoms with Crippen molar-refractivity contribution in [3.63, 3.8) is 0 Å². The third kappa shape index (κ3) is 5.72. The molecule has 0 unspecified atom stereocenters. The Hall–Kier alpha value is -2.66. The summed E-state index contributed by atoms with van der Waals surface area (Å²) in [4.78, 5) is 21.6. The van der Waals surface area contributed by atoms with Crippen molar-refractivity contribution in [1.29, 1.82) is 0 Å². The maximum absolute atomic E-state index is 10.8. The van der Waals surface area contributed by atoms with Crippen molar-refractivity contribution in [3.8, 4) is 16.9 Å². The molecule has 0 aliphatic carbocycles. The first-order valence-electron chi connectivity index (χ1n) is 8.16. The second-order valence-corrected chi connectivity index (χ2v) is 5.66. The molecule has 0 spiro atoms. The predicted molar refractivity (Wildman–Crippen MR) is 95.2 cm³/mol. The van der Waals surface area contributed by atoms with Crippen LogP contribution in [-0.4, -0.2) is 37.7 Å². The van der Waals surface area contributed by atoms with Crippen molar-refractivity contribution in [1.82, 2.24) is 0 Å². The monoisotopic (exact) mass is 342 g/mol. The van der Waals surface area contributed by atoms with Gasteiger partial charge in [-0.2, -0.15) is 0 Å². The minimum Gasteiger partial charge on any atom is -0.493 e. The minimum atomic E-state index is -0.823. The molecule has 0 saturated carbocycles. The fourth-order valence-corrected chi connectivity index (χ4v) is 2.46. The summed E-state index contributed by atoms with van der Waals surface area (Å²) in [6, 6.07) is 13.0. The zero-order chi connectivity index (χ0) is 18.1. The SMILES string of the molecule is COCCCOc1cc(CCC(=O)O)ccc1-c1ccc(C=O)cc1. The number of carbonyl (C=O) groups is 2. The van der Waals surface area contributed by atoms with Crippen molar-refractivity contribution < 1.29 is 24.2 Å². The molecule has 132 valence electrons. The largest absolute Gasteiger partial charge is 0.493 e. The summed E-state index contributed by atoms with van der Waals surface area (Å²) in [5, 5.41) is 8.85. The van der Waals surface area contributed by atoms with Crippen LogP contribution in [0.3, 0.4) is 0 Å². The van der Waals surface area contributed by atoms with Gasteiger partial charge in [-0.1, -0.05) is 36.4 Å². The van der Waals surface area contributed by atoms with Crippen molar-refractivity contribution in [2.24, 2.45) is 0 Å². The van der Waals surface area contributed by atoms with E-state index in [1.807, 2.05) is 30.3 Å². The Labute approximate surface area is 147 Å².